The van der Waals surface area contributed by atoms with Crippen LogP contribution in [0.2, 0.25) is 0 Å². The predicted octanol–water partition coefficient (Wildman–Crippen LogP) is 2.69. The van der Waals surface area contributed by atoms with Crippen LogP contribution in [-0.2, 0) is 0 Å². The SMILES string of the molecule is Cc1ccc(N2CC3CCCCN3CC2C)c(C(N)=S)c1. The lowest BCUT2D eigenvalue weighted by atomic mass is 9.95. The molecule has 0 radical (unpaired) electrons. The zero-order valence-electron chi connectivity index (χ0n) is 13.0. The minimum absolute atomic E-state index is 0.506. The van der Waals surface area contributed by atoms with Gasteiger partial charge < -0.3 is 10.6 Å². The highest BCUT2D eigenvalue weighted by Crippen LogP contribution is 2.30. The molecule has 1 aromatic carbocycles. The fraction of sp³-hybridized carbons (Fsp3) is 0.588. The molecule has 2 heterocycles. The van der Waals surface area contributed by atoms with Gasteiger partial charge in [0, 0.05) is 36.4 Å². The molecule has 2 N–H and O–H groups in total. The van der Waals surface area contributed by atoms with Gasteiger partial charge in [-0.3, -0.25) is 4.90 Å². The summed E-state index contributed by atoms with van der Waals surface area (Å²) in [5, 5.41) is 0. The molecule has 2 aliphatic rings. The molecule has 114 valence electrons. The molecule has 0 aromatic heterocycles. The molecule has 0 bridgehead atoms. The van der Waals surface area contributed by atoms with E-state index in [0.717, 1.165) is 18.7 Å². The summed E-state index contributed by atoms with van der Waals surface area (Å²) < 4.78 is 0. The average molecular weight is 303 g/mol. The lowest BCUT2D eigenvalue weighted by Crippen LogP contribution is -2.59. The number of hydrogen-bond acceptors (Lipinski definition) is 3. The number of nitrogens with zero attached hydrogens (tertiary/aromatic N) is 2. The van der Waals surface area contributed by atoms with Gasteiger partial charge in [0.2, 0.25) is 0 Å². The Morgan fingerprint density at radius 2 is 2.10 bits per heavy atom. The fourth-order valence-electron chi connectivity index (χ4n) is 3.79. The number of thiocarbonyl (C=S) groups is 1. The third-order valence-electron chi connectivity index (χ3n) is 4.91. The first kappa shape index (κ1) is 14.8. The van der Waals surface area contributed by atoms with Crippen molar-refractivity contribution in [2.45, 2.75) is 45.2 Å². The van der Waals surface area contributed by atoms with E-state index in [1.165, 1.54) is 37.1 Å². The average Bonchev–Trinajstić information content (AvgIpc) is 2.46. The van der Waals surface area contributed by atoms with E-state index in [9.17, 15) is 0 Å². The van der Waals surface area contributed by atoms with Gasteiger partial charge in [-0.1, -0.05) is 30.3 Å². The zero-order chi connectivity index (χ0) is 15.0. The van der Waals surface area contributed by atoms with Gasteiger partial charge in [-0.05, 0) is 45.4 Å². The summed E-state index contributed by atoms with van der Waals surface area (Å²) in [6, 6.07) is 7.68. The summed E-state index contributed by atoms with van der Waals surface area (Å²) in [4.78, 5) is 5.69. The first-order valence-corrected chi connectivity index (χ1v) is 8.38. The number of aryl methyl sites for hydroxylation is 1. The third-order valence-corrected chi connectivity index (χ3v) is 5.13. The second-order valence-corrected chi connectivity index (χ2v) is 6.97. The van der Waals surface area contributed by atoms with Gasteiger partial charge in [-0.2, -0.15) is 0 Å². The van der Waals surface area contributed by atoms with E-state index in [2.05, 4.69) is 41.8 Å². The maximum absolute atomic E-state index is 5.96. The molecule has 0 amide bonds. The second kappa shape index (κ2) is 5.93. The van der Waals surface area contributed by atoms with Gasteiger partial charge in [-0.25, -0.2) is 0 Å². The molecule has 1 aromatic rings. The molecule has 2 fully saturated rings. The summed E-state index contributed by atoms with van der Waals surface area (Å²) in [6.45, 7) is 7.91. The number of piperazine rings is 1. The Morgan fingerprint density at radius 3 is 2.86 bits per heavy atom. The summed E-state index contributed by atoms with van der Waals surface area (Å²) in [7, 11) is 0. The van der Waals surface area contributed by atoms with Crippen LogP contribution in [0.25, 0.3) is 0 Å². The van der Waals surface area contributed by atoms with Crippen molar-refractivity contribution >= 4 is 22.9 Å². The van der Waals surface area contributed by atoms with Crippen LogP contribution >= 0.6 is 12.2 Å². The molecule has 2 saturated heterocycles. The summed E-state index contributed by atoms with van der Waals surface area (Å²) in [5.74, 6) is 0. The maximum atomic E-state index is 5.96. The Bertz CT molecular complexity index is 543. The van der Waals surface area contributed by atoms with Crippen molar-refractivity contribution in [1.29, 1.82) is 0 Å². The third kappa shape index (κ3) is 2.92. The second-order valence-electron chi connectivity index (χ2n) is 6.53. The highest BCUT2D eigenvalue weighted by molar-refractivity contribution is 7.80. The van der Waals surface area contributed by atoms with Crippen molar-refractivity contribution in [1.82, 2.24) is 4.90 Å². The Hall–Kier alpha value is -1.13. The van der Waals surface area contributed by atoms with Crippen LogP contribution in [0.3, 0.4) is 0 Å². The summed E-state index contributed by atoms with van der Waals surface area (Å²) >= 11 is 5.27. The quantitative estimate of drug-likeness (QED) is 0.852. The first-order chi connectivity index (χ1) is 10.1. The Kier molecular flexibility index (Phi) is 4.18. The molecule has 3 rings (SSSR count). The minimum Gasteiger partial charge on any atom is -0.389 e. The highest BCUT2D eigenvalue weighted by atomic mass is 32.1. The van der Waals surface area contributed by atoms with Crippen molar-refractivity contribution in [2.75, 3.05) is 24.5 Å². The van der Waals surface area contributed by atoms with E-state index in [0.29, 0.717) is 17.1 Å². The molecule has 2 aliphatic heterocycles. The smallest absolute Gasteiger partial charge is 0.106 e. The first-order valence-electron chi connectivity index (χ1n) is 7.97. The van der Waals surface area contributed by atoms with Crippen LogP contribution in [0.15, 0.2) is 18.2 Å². The lowest BCUT2D eigenvalue weighted by Gasteiger charge is -2.48. The van der Waals surface area contributed by atoms with E-state index in [1.807, 2.05) is 0 Å². The van der Waals surface area contributed by atoms with Gasteiger partial charge in [-0.15, -0.1) is 0 Å². The van der Waals surface area contributed by atoms with E-state index in [4.69, 9.17) is 18.0 Å². The summed E-state index contributed by atoms with van der Waals surface area (Å²) in [5.41, 5.74) is 9.42. The molecule has 2 atom stereocenters. The van der Waals surface area contributed by atoms with Crippen molar-refractivity contribution in [3.8, 4) is 0 Å². The van der Waals surface area contributed by atoms with Crippen molar-refractivity contribution < 1.29 is 0 Å². The van der Waals surface area contributed by atoms with Crippen molar-refractivity contribution in [3.05, 3.63) is 29.3 Å². The minimum atomic E-state index is 0.506. The molecule has 0 saturated carbocycles. The lowest BCUT2D eigenvalue weighted by molar-refractivity contribution is 0.115. The van der Waals surface area contributed by atoms with Gasteiger partial charge >= 0.3 is 0 Å². The Labute approximate surface area is 133 Å². The number of hydrogen-bond donors (Lipinski definition) is 1. The molecule has 2 unspecified atom stereocenters. The van der Waals surface area contributed by atoms with Gasteiger partial charge in [0.1, 0.15) is 4.99 Å². The Balaban J connectivity index is 1.91. The number of rotatable bonds is 2. The van der Waals surface area contributed by atoms with Gasteiger partial charge in [0.15, 0.2) is 0 Å². The fourth-order valence-corrected chi connectivity index (χ4v) is 3.95. The normalized spacial score (nSPS) is 26.5. The topological polar surface area (TPSA) is 32.5 Å². The number of nitrogens with two attached hydrogens (primary N) is 1. The van der Waals surface area contributed by atoms with Crippen LogP contribution in [0.5, 0.6) is 0 Å². The van der Waals surface area contributed by atoms with E-state index in [1.54, 1.807) is 0 Å². The van der Waals surface area contributed by atoms with Crippen LogP contribution in [0.4, 0.5) is 5.69 Å². The zero-order valence-corrected chi connectivity index (χ0v) is 13.8. The van der Waals surface area contributed by atoms with Crippen LogP contribution in [0, 0.1) is 6.92 Å². The van der Waals surface area contributed by atoms with Gasteiger partial charge in [0.25, 0.3) is 0 Å². The number of fused-ring (bicyclic) bond motifs is 1. The highest BCUT2D eigenvalue weighted by Gasteiger charge is 2.33. The monoisotopic (exact) mass is 303 g/mol. The molecule has 0 aliphatic carbocycles. The van der Waals surface area contributed by atoms with Crippen LogP contribution in [0.1, 0.15) is 37.3 Å². The van der Waals surface area contributed by atoms with Crippen molar-refractivity contribution in [2.24, 2.45) is 5.73 Å². The molecular weight excluding hydrogens is 278 g/mol. The standard InChI is InChI=1S/C17H25N3S/c1-12-6-7-16(15(9-12)17(18)21)20-11-14-5-3-4-8-19(14)10-13(20)2/h6-7,9,13-14H,3-5,8,10-11H2,1-2H3,(H2,18,21). The molecule has 4 heteroatoms. The molecular formula is C17H25N3S. The predicted molar refractivity (Wildman–Crippen MR) is 93.1 cm³/mol. The van der Waals surface area contributed by atoms with E-state index < -0.39 is 0 Å². The summed E-state index contributed by atoms with van der Waals surface area (Å²) in [6.07, 6.45) is 4.03. The maximum Gasteiger partial charge on any atom is 0.106 e. The molecule has 0 spiro atoms. The molecule has 21 heavy (non-hydrogen) atoms. The van der Waals surface area contributed by atoms with Crippen LogP contribution in [-0.4, -0.2) is 41.6 Å². The number of piperidine rings is 1. The number of benzene rings is 1. The number of anilines is 1. The Morgan fingerprint density at radius 1 is 1.29 bits per heavy atom. The van der Waals surface area contributed by atoms with E-state index >= 15 is 0 Å². The largest absolute Gasteiger partial charge is 0.389 e. The molecule has 3 nitrogen and oxygen atoms in total. The van der Waals surface area contributed by atoms with Crippen LogP contribution < -0.4 is 10.6 Å². The van der Waals surface area contributed by atoms with Gasteiger partial charge in [0.05, 0.1) is 0 Å². The van der Waals surface area contributed by atoms with E-state index in [-0.39, 0.29) is 0 Å². The van der Waals surface area contributed by atoms with Crippen molar-refractivity contribution in [3.63, 3.8) is 0 Å².